The molecule has 90 valence electrons. The lowest BCUT2D eigenvalue weighted by atomic mass is 10.2. The van der Waals surface area contributed by atoms with E-state index < -0.39 is 0 Å². The highest BCUT2D eigenvalue weighted by Crippen LogP contribution is 2.17. The van der Waals surface area contributed by atoms with E-state index in [1.165, 1.54) is 0 Å². The van der Waals surface area contributed by atoms with Crippen LogP contribution in [0.4, 0.5) is 0 Å². The van der Waals surface area contributed by atoms with Gasteiger partial charge in [0.25, 0.3) is 0 Å². The second-order valence-electron chi connectivity index (χ2n) is 3.94. The molecule has 1 aromatic carbocycles. The summed E-state index contributed by atoms with van der Waals surface area (Å²) in [5, 5.41) is 3.88. The molecule has 1 aromatic heterocycles. The zero-order chi connectivity index (χ0) is 12.3. The monoisotopic (exact) mass is 232 g/mol. The second kappa shape index (κ2) is 5.01. The predicted molar refractivity (Wildman–Crippen MR) is 64.6 cm³/mol. The Kier molecular flexibility index (Phi) is 3.44. The highest BCUT2D eigenvalue weighted by atomic mass is 16.5. The maximum Gasteiger partial charge on any atom is 0.140 e. The lowest BCUT2D eigenvalue weighted by molar-refractivity contribution is 0.301. The van der Waals surface area contributed by atoms with E-state index in [4.69, 9.17) is 15.0 Å². The molecule has 0 radical (unpaired) electrons. The van der Waals surface area contributed by atoms with Gasteiger partial charge in [-0.1, -0.05) is 17.3 Å². The summed E-state index contributed by atoms with van der Waals surface area (Å²) in [6.45, 7) is 4.82. The lowest BCUT2D eigenvalue weighted by Crippen LogP contribution is -1.99. The molecule has 17 heavy (non-hydrogen) atoms. The summed E-state index contributed by atoms with van der Waals surface area (Å²) in [6, 6.07) is 7.76. The molecule has 0 aliphatic carbocycles. The maximum absolute atomic E-state index is 5.67. The van der Waals surface area contributed by atoms with E-state index in [-0.39, 0.29) is 0 Å². The van der Waals surface area contributed by atoms with Crippen LogP contribution in [0.25, 0.3) is 0 Å². The fraction of sp³-hybridized carbons (Fsp3) is 0.308. The van der Waals surface area contributed by atoms with Crippen LogP contribution in [0.3, 0.4) is 0 Å². The number of nitrogens with two attached hydrogens (primary N) is 1. The fourth-order valence-electron chi connectivity index (χ4n) is 1.59. The third-order valence-electron chi connectivity index (χ3n) is 2.72. The molecular formula is C13H16N2O2. The van der Waals surface area contributed by atoms with Gasteiger partial charge in [-0.15, -0.1) is 0 Å². The standard InChI is InChI=1S/C13H16N2O2/c1-9-13(10(2)17-15-9)8-16-12-5-3-11(7-14)4-6-12/h3-6H,7-8,14H2,1-2H3. The Bertz CT molecular complexity index is 469. The Morgan fingerprint density at radius 1 is 1.24 bits per heavy atom. The van der Waals surface area contributed by atoms with Crippen molar-refractivity contribution in [1.29, 1.82) is 0 Å². The van der Waals surface area contributed by atoms with Crippen LogP contribution >= 0.6 is 0 Å². The molecule has 0 aliphatic heterocycles. The van der Waals surface area contributed by atoms with Crippen LogP contribution in [-0.4, -0.2) is 5.16 Å². The average molecular weight is 232 g/mol. The van der Waals surface area contributed by atoms with Gasteiger partial charge in [0.15, 0.2) is 0 Å². The van der Waals surface area contributed by atoms with Gasteiger partial charge >= 0.3 is 0 Å². The van der Waals surface area contributed by atoms with Crippen molar-refractivity contribution in [2.24, 2.45) is 5.73 Å². The average Bonchev–Trinajstić information content (AvgIpc) is 2.67. The largest absolute Gasteiger partial charge is 0.489 e. The van der Waals surface area contributed by atoms with Crippen LogP contribution in [0.5, 0.6) is 5.75 Å². The molecule has 0 fully saturated rings. The van der Waals surface area contributed by atoms with E-state index >= 15 is 0 Å². The quantitative estimate of drug-likeness (QED) is 0.878. The summed E-state index contributed by atoms with van der Waals surface area (Å²) in [4.78, 5) is 0. The Hall–Kier alpha value is -1.81. The number of aryl methyl sites for hydroxylation is 2. The van der Waals surface area contributed by atoms with Gasteiger partial charge in [0, 0.05) is 6.54 Å². The molecule has 2 aromatic rings. The normalized spacial score (nSPS) is 10.5. The first-order valence-corrected chi connectivity index (χ1v) is 5.54. The van der Waals surface area contributed by atoms with Crippen molar-refractivity contribution >= 4 is 0 Å². The molecule has 2 N–H and O–H groups in total. The first-order chi connectivity index (χ1) is 8.20. The number of aromatic nitrogens is 1. The van der Waals surface area contributed by atoms with Gasteiger partial charge in [0.05, 0.1) is 11.3 Å². The SMILES string of the molecule is Cc1noc(C)c1COc1ccc(CN)cc1. The van der Waals surface area contributed by atoms with Gasteiger partial charge in [0.2, 0.25) is 0 Å². The summed E-state index contributed by atoms with van der Waals surface area (Å²) >= 11 is 0. The molecule has 1 heterocycles. The number of nitrogens with zero attached hydrogens (tertiary/aromatic N) is 1. The zero-order valence-corrected chi connectivity index (χ0v) is 10.1. The van der Waals surface area contributed by atoms with Crippen LogP contribution in [0.2, 0.25) is 0 Å². The van der Waals surface area contributed by atoms with E-state index in [1.54, 1.807) is 0 Å². The van der Waals surface area contributed by atoms with E-state index in [2.05, 4.69) is 5.16 Å². The van der Waals surface area contributed by atoms with Gasteiger partial charge in [-0.05, 0) is 31.5 Å². The molecule has 0 saturated carbocycles. The number of hydrogen-bond donors (Lipinski definition) is 1. The van der Waals surface area contributed by atoms with Gasteiger partial charge in [-0.2, -0.15) is 0 Å². The first kappa shape index (κ1) is 11.7. The maximum atomic E-state index is 5.67. The third kappa shape index (κ3) is 2.65. The van der Waals surface area contributed by atoms with Crippen LogP contribution < -0.4 is 10.5 Å². The number of ether oxygens (including phenoxy) is 1. The van der Waals surface area contributed by atoms with Crippen LogP contribution in [-0.2, 0) is 13.2 Å². The lowest BCUT2D eigenvalue weighted by Gasteiger charge is -2.06. The molecule has 0 saturated heterocycles. The Morgan fingerprint density at radius 3 is 2.47 bits per heavy atom. The highest BCUT2D eigenvalue weighted by Gasteiger charge is 2.09. The smallest absolute Gasteiger partial charge is 0.140 e. The van der Waals surface area contributed by atoms with Crippen molar-refractivity contribution < 1.29 is 9.26 Å². The number of hydrogen-bond acceptors (Lipinski definition) is 4. The van der Waals surface area contributed by atoms with Crippen molar-refractivity contribution in [3.05, 3.63) is 46.8 Å². The summed E-state index contributed by atoms with van der Waals surface area (Å²) in [6.07, 6.45) is 0. The van der Waals surface area contributed by atoms with E-state index in [0.717, 1.165) is 28.3 Å². The molecule has 0 amide bonds. The van der Waals surface area contributed by atoms with Gasteiger partial charge in [-0.25, -0.2) is 0 Å². The molecule has 0 atom stereocenters. The van der Waals surface area contributed by atoms with Crippen LogP contribution in [0, 0.1) is 13.8 Å². The summed E-state index contributed by atoms with van der Waals surface area (Å²) < 4.78 is 10.7. The van der Waals surface area contributed by atoms with Crippen LogP contribution in [0.1, 0.15) is 22.6 Å². The van der Waals surface area contributed by atoms with E-state index in [9.17, 15) is 0 Å². The minimum absolute atomic E-state index is 0.475. The second-order valence-corrected chi connectivity index (χ2v) is 3.94. The molecule has 0 spiro atoms. The van der Waals surface area contributed by atoms with Gasteiger partial charge < -0.3 is 15.0 Å². The third-order valence-corrected chi connectivity index (χ3v) is 2.72. The molecule has 0 bridgehead atoms. The predicted octanol–water partition coefficient (Wildman–Crippen LogP) is 2.33. The Labute approximate surface area is 100 Å². The van der Waals surface area contributed by atoms with E-state index in [0.29, 0.717) is 13.2 Å². The topological polar surface area (TPSA) is 61.3 Å². The molecular weight excluding hydrogens is 216 g/mol. The first-order valence-electron chi connectivity index (χ1n) is 5.54. The summed E-state index contributed by atoms with van der Waals surface area (Å²) in [5.74, 6) is 1.63. The fourth-order valence-corrected chi connectivity index (χ4v) is 1.59. The highest BCUT2D eigenvalue weighted by molar-refractivity contribution is 5.28. The van der Waals surface area contributed by atoms with Crippen molar-refractivity contribution in [2.75, 3.05) is 0 Å². The van der Waals surface area contributed by atoms with Crippen molar-refractivity contribution in [3.8, 4) is 5.75 Å². The number of rotatable bonds is 4. The number of benzene rings is 1. The summed E-state index contributed by atoms with van der Waals surface area (Å²) in [7, 11) is 0. The van der Waals surface area contributed by atoms with Crippen LogP contribution in [0.15, 0.2) is 28.8 Å². The molecule has 4 heteroatoms. The molecule has 2 rings (SSSR count). The Balaban J connectivity index is 2.02. The van der Waals surface area contributed by atoms with Gasteiger partial charge in [-0.3, -0.25) is 0 Å². The van der Waals surface area contributed by atoms with Crippen molar-refractivity contribution in [2.45, 2.75) is 27.0 Å². The minimum atomic E-state index is 0.475. The van der Waals surface area contributed by atoms with Gasteiger partial charge in [0.1, 0.15) is 18.1 Å². The summed E-state index contributed by atoms with van der Waals surface area (Å²) in [5.41, 5.74) is 8.50. The van der Waals surface area contributed by atoms with Crippen molar-refractivity contribution in [1.82, 2.24) is 5.16 Å². The molecule has 0 aliphatic rings. The molecule has 4 nitrogen and oxygen atoms in total. The zero-order valence-electron chi connectivity index (χ0n) is 10.1. The minimum Gasteiger partial charge on any atom is -0.489 e. The molecule has 0 unspecified atom stereocenters. The Morgan fingerprint density at radius 2 is 1.94 bits per heavy atom. The van der Waals surface area contributed by atoms with Crippen molar-refractivity contribution in [3.63, 3.8) is 0 Å². The van der Waals surface area contributed by atoms with E-state index in [1.807, 2.05) is 38.1 Å².